The van der Waals surface area contributed by atoms with E-state index in [1.807, 2.05) is 0 Å². The molecule has 3 heterocycles. The number of Topliss-reactive ketones (excluding diaryl/α,β-unsaturated/α-hetero) is 1. The van der Waals surface area contributed by atoms with Crippen LogP contribution in [0.4, 0.5) is 4.39 Å². The van der Waals surface area contributed by atoms with Crippen molar-refractivity contribution in [2.75, 3.05) is 13.7 Å². The molecular weight excluding hydrogens is 413 g/mol. The summed E-state index contributed by atoms with van der Waals surface area (Å²) in [6.07, 6.45) is 2.96. The zero-order valence-corrected chi connectivity index (χ0v) is 17.2. The van der Waals surface area contributed by atoms with E-state index >= 15 is 0 Å². The highest BCUT2D eigenvalue weighted by atomic mass is 32.2. The maximum absolute atomic E-state index is 14.9. The fourth-order valence-corrected chi connectivity index (χ4v) is 5.36. The minimum absolute atomic E-state index is 0.0323. The van der Waals surface area contributed by atoms with Crippen LogP contribution in [0.15, 0.2) is 35.6 Å². The van der Waals surface area contributed by atoms with Gasteiger partial charge in [0.2, 0.25) is 11.4 Å². The number of halogens is 1. The summed E-state index contributed by atoms with van der Waals surface area (Å²) in [4.78, 5) is 25.0. The van der Waals surface area contributed by atoms with Crippen molar-refractivity contribution in [3.05, 3.63) is 58.9 Å². The van der Waals surface area contributed by atoms with Gasteiger partial charge in [-0.15, -0.1) is 0 Å². The van der Waals surface area contributed by atoms with Crippen molar-refractivity contribution in [2.45, 2.75) is 30.7 Å². The van der Waals surface area contributed by atoms with Gasteiger partial charge in [-0.2, -0.15) is 0 Å². The summed E-state index contributed by atoms with van der Waals surface area (Å²) in [5.41, 5.74) is 4.32. The third-order valence-electron chi connectivity index (χ3n) is 5.36. The van der Waals surface area contributed by atoms with Crippen molar-refractivity contribution >= 4 is 21.8 Å². The zero-order chi connectivity index (χ0) is 21.7. The minimum Gasteiger partial charge on any atom is -0.369 e. The number of ketones is 1. The van der Waals surface area contributed by atoms with E-state index in [4.69, 9.17) is 10.5 Å². The van der Waals surface area contributed by atoms with Crippen LogP contribution < -0.4 is 5.73 Å². The van der Waals surface area contributed by atoms with E-state index in [0.717, 1.165) is 4.31 Å². The number of fused-ring (bicyclic) bond motifs is 1. The van der Waals surface area contributed by atoms with Crippen LogP contribution in [0.25, 0.3) is 0 Å². The number of rotatable bonds is 4. The Morgan fingerprint density at radius 1 is 1.37 bits per heavy atom. The summed E-state index contributed by atoms with van der Waals surface area (Å²) in [6, 6.07) is 4.12. The van der Waals surface area contributed by atoms with Gasteiger partial charge in [0.15, 0.2) is 5.78 Å². The molecule has 0 spiro atoms. The van der Waals surface area contributed by atoms with Crippen molar-refractivity contribution in [3.63, 3.8) is 0 Å². The Morgan fingerprint density at radius 3 is 2.83 bits per heavy atom. The molecule has 4 rings (SSSR count). The Balaban J connectivity index is 1.75. The topological polar surface area (TPSA) is 128 Å². The van der Waals surface area contributed by atoms with E-state index < -0.39 is 26.8 Å². The number of aryl methyl sites for hydroxylation is 1. The fourth-order valence-electron chi connectivity index (χ4n) is 3.72. The minimum atomic E-state index is -3.99. The second kappa shape index (κ2) is 7.10. The lowest BCUT2D eigenvalue weighted by Gasteiger charge is -2.38. The highest BCUT2D eigenvalue weighted by molar-refractivity contribution is 7.90. The van der Waals surface area contributed by atoms with Gasteiger partial charge >= 0.3 is 0 Å². The molecule has 2 aromatic rings. The van der Waals surface area contributed by atoms with Crippen LogP contribution in [0.1, 0.15) is 33.7 Å². The molecule has 0 radical (unpaired) electrons. The lowest BCUT2D eigenvalue weighted by atomic mass is 9.87. The maximum atomic E-state index is 14.9. The quantitative estimate of drug-likeness (QED) is 0.709. The molecule has 2 N–H and O–H groups in total. The summed E-state index contributed by atoms with van der Waals surface area (Å²) in [5.74, 6) is -1.18. The summed E-state index contributed by atoms with van der Waals surface area (Å²) in [5, 5.41) is 0. The lowest BCUT2D eigenvalue weighted by molar-refractivity contribution is 0.0987. The van der Waals surface area contributed by atoms with Gasteiger partial charge in [0.05, 0.1) is 18.5 Å². The molecule has 158 valence electrons. The molecule has 30 heavy (non-hydrogen) atoms. The Kier molecular flexibility index (Phi) is 4.82. The number of sulfonamides is 1. The van der Waals surface area contributed by atoms with Crippen LogP contribution in [0, 0.1) is 12.7 Å². The Labute approximate surface area is 172 Å². The van der Waals surface area contributed by atoms with E-state index in [9.17, 15) is 17.6 Å². The van der Waals surface area contributed by atoms with Crippen LogP contribution in [0.3, 0.4) is 0 Å². The highest BCUT2D eigenvalue weighted by Gasteiger charge is 2.58. The van der Waals surface area contributed by atoms with E-state index in [0.29, 0.717) is 11.3 Å². The average Bonchev–Trinajstić information content (AvgIpc) is 3.14. The van der Waals surface area contributed by atoms with Gasteiger partial charge in [-0.3, -0.25) is 9.78 Å². The number of aliphatic imine (C=N–C) groups is 1. The number of carbonyl (C=O) groups excluding carboxylic acids is 1. The fraction of sp³-hybridized carbons (Fsp3) is 0.368. The molecule has 1 unspecified atom stereocenters. The SMILES string of the molecule is Cc1cnc(C(=O)Cc2ccc(F)c([C@]34CCOC3S(=O)(=O)N(C)C(N)=N4)c2)cn1. The molecule has 1 fully saturated rings. The average molecular weight is 433 g/mol. The van der Waals surface area contributed by atoms with Gasteiger partial charge in [-0.05, 0) is 24.6 Å². The predicted octanol–water partition coefficient (Wildman–Crippen LogP) is 0.881. The number of carbonyl (C=O) groups is 1. The molecule has 0 amide bonds. The number of guanidine groups is 1. The van der Waals surface area contributed by atoms with Crippen LogP contribution in [0.2, 0.25) is 0 Å². The van der Waals surface area contributed by atoms with Gasteiger partial charge in [0.1, 0.15) is 17.1 Å². The van der Waals surface area contributed by atoms with E-state index in [2.05, 4.69) is 15.0 Å². The first kappa shape index (κ1) is 20.4. The first-order chi connectivity index (χ1) is 14.1. The van der Waals surface area contributed by atoms with Gasteiger partial charge in [-0.25, -0.2) is 27.1 Å². The Bertz CT molecular complexity index is 1150. The second-order valence-corrected chi connectivity index (χ2v) is 9.32. The monoisotopic (exact) mass is 433 g/mol. The van der Waals surface area contributed by atoms with Gasteiger partial charge in [-0.1, -0.05) is 6.07 Å². The number of ether oxygens (including phenoxy) is 1. The highest BCUT2D eigenvalue weighted by Crippen LogP contribution is 2.46. The molecule has 11 heteroatoms. The number of hydrogen-bond donors (Lipinski definition) is 1. The summed E-state index contributed by atoms with van der Waals surface area (Å²) in [6.45, 7) is 1.84. The molecular formula is C19H20FN5O4S. The van der Waals surface area contributed by atoms with Crippen molar-refractivity contribution in [3.8, 4) is 0 Å². The van der Waals surface area contributed by atoms with Crippen molar-refractivity contribution < 1.29 is 22.3 Å². The van der Waals surface area contributed by atoms with Gasteiger partial charge < -0.3 is 10.5 Å². The largest absolute Gasteiger partial charge is 0.369 e. The maximum Gasteiger partial charge on any atom is 0.267 e. The van der Waals surface area contributed by atoms with E-state index in [-0.39, 0.29) is 42.4 Å². The molecule has 2 aliphatic rings. The lowest BCUT2D eigenvalue weighted by Crippen LogP contribution is -2.55. The van der Waals surface area contributed by atoms with E-state index in [1.54, 1.807) is 6.92 Å². The molecule has 2 atom stereocenters. The predicted molar refractivity (Wildman–Crippen MR) is 106 cm³/mol. The van der Waals surface area contributed by atoms with Crippen molar-refractivity contribution in [2.24, 2.45) is 10.7 Å². The summed E-state index contributed by atoms with van der Waals surface area (Å²) < 4.78 is 46.8. The first-order valence-corrected chi connectivity index (χ1v) is 10.7. The Hall–Kier alpha value is -2.92. The molecule has 2 aliphatic heterocycles. The molecule has 1 aromatic heterocycles. The van der Waals surface area contributed by atoms with Crippen LogP contribution in [-0.2, 0) is 26.7 Å². The molecule has 1 saturated heterocycles. The first-order valence-electron chi connectivity index (χ1n) is 9.20. The molecule has 9 nitrogen and oxygen atoms in total. The molecule has 1 aromatic carbocycles. The third kappa shape index (κ3) is 3.14. The summed E-state index contributed by atoms with van der Waals surface area (Å²) >= 11 is 0. The third-order valence-corrected chi connectivity index (χ3v) is 7.38. The van der Waals surface area contributed by atoms with Crippen LogP contribution in [-0.4, -0.2) is 53.5 Å². The number of benzene rings is 1. The van der Waals surface area contributed by atoms with Crippen LogP contribution >= 0.6 is 0 Å². The second-order valence-electron chi connectivity index (χ2n) is 7.32. The zero-order valence-electron chi connectivity index (χ0n) is 16.4. The number of nitrogens with two attached hydrogens (primary N) is 1. The summed E-state index contributed by atoms with van der Waals surface area (Å²) in [7, 11) is -2.72. The number of aromatic nitrogens is 2. The van der Waals surface area contributed by atoms with Crippen molar-refractivity contribution in [1.29, 1.82) is 0 Å². The normalized spacial score (nSPS) is 25.0. The number of hydrogen-bond acceptors (Lipinski definition) is 8. The van der Waals surface area contributed by atoms with Crippen molar-refractivity contribution in [1.82, 2.24) is 14.3 Å². The molecule has 0 saturated carbocycles. The van der Waals surface area contributed by atoms with E-state index in [1.165, 1.54) is 37.6 Å². The van der Waals surface area contributed by atoms with Gasteiger partial charge in [0, 0.05) is 31.6 Å². The smallest absolute Gasteiger partial charge is 0.267 e. The Morgan fingerprint density at radius 2 is 2.13 bits per heavy atom. The standard InChI is InChI=1S/C19H20FN5O4S/c1-11-9-23-15(10-22-11)16(26)8-12-3-4-14(20)13(7-12)19-5-6-29-17(19)30(27,28)25(2)18(21)24-19/h3-4,7,9-10,17H,5-6,8H2,1-2H3,(H2,21,24)/t17?,19-/m1/s1. The molecule has 0 aliphatic carbocycles. The van der Waals surface area contributed by atoms with Gasteiger partial charge in [0.25, 0.3) is 10.0 Å². The molecule has 0 bridgehead atoms. The van der Waals surface area contributed by atoms with Crippen LogP contribution in [0.5, 0.6) is 0 Å². The number of nitrogens with zero attached hydrogens (tertiary/aromatic N) is 4.